The first-order valence-electron chi connectivity index (χ1n) is 10.4. The van der Waals surface area contributed by atoms with E-state index in [9.17, 15) is 9.18 Å². The zero-order chi connectivity index (χ0) is 22.9. The van der Waals surface area contributed by atoms with Gasteiger partial charge in [-0.3, -0.25) is 9.79 Å². The van der Waals surface area contributed by atoms with E-state index in [2.05, 4.69) is 9.98 Å². The summed E-state index contributed by atoms with van der Waals surface area (Å²) >= 11 is 7.86. The van der Waals surface area contributed by atoms with Gasteiger partial charge in [-0.15, -0.1) is 11.3 Å². The van der Waals surface area contributed by atoms with Gasteiger partial charge in [0.2, 0.25) is 5.91 Å². The fraction of sp³-hybridized carbons (Fsp3) is 0.115. The fourth-order valence-electron chi connectivity index (χ4n) is 3.95. The molecule has 0 unspecified atom stereocenters. The topological polar surface area (TPSA) is 45.6 Å². The highest BCUT2D eigenvalue weighted by molar-refractivity contribution is 7.09. The number of aromatic nitrogens is 1. The van der Waals surface area contributed by atoms with Crippen molar-refractivity contribution < 1.29 is 9.18 Å². The number of anilines is 1. The number of amides is 1. The lowest BCUT2D eigenvalue weighted by atomic mass is 9.92. The molecular formula is C26H19ClFN3OS. The predicted octanol–water partition coefficient (Wildman–Crippen LogP) is 6.30. The molecule has 0 bridgehead atoms. The second-order valence-electron chi connectivity index (χ2n) is 7.79. The van der Waals surface area contributed by atoms with Crippen LogP contribution in [-0.2, 0) is 11.3 Å². The van der Waals surface area contributed by atoms with E-state index in [4.69, 9.17) is 11.6 Å². The van der Waals surface area contributed by atoms with Crippen molar-refractivity contribution in [2.24, 2.45) is 4.99 Å². The molecule has 0 aliphatic carbocycles. The number of aliphatic imine (C=N–C) groups is 1. The van der Waals surface area contributed by atoms with Gasteiger partial charge in [0.25, 0.3) is 0 Å². The number of hydrogen-bond acceptors (Lipinski definition) is 4. The molecule has 1 aromatic heterocycles. The molecule has 5 rings (SSSR count). The molecule has 0 radical (unpaired) electrons. The summed E-state index contributed by atoms with van der Waals surface area (Å²) in [5.41, 5.74) is 5.49. The number of nitrogens with zero attached hydrogens (tertiary/aromatic N) is 3. The lowest BCUT2D eigenvalue weighted by Crippen LogP contribution is -2.31. The number of thiazole rings is 1. The van der Waals surface area contributed by atoms with Gasteiger partial charge in [-0.1, -0.05) is 47.5 Å². The highest BCUT2D eigenvalue weighted by Gasteiger charge is 2.27. The van der Waals surface area contributed by atoms with Crippen LogP contribution in [0, 0.1) is 12.7 Å². The number of aryl methyl sites for hydroxylation is 1. The number of hydrogen-bond donors (Lipinski definition) is 0. The molecule has 1 aliphatic rings. The van der Waals surface area contributed by atoms with Gasteiger partial charge in [-0.25, -0.2) is 9.37 Å². The lowest BCUT2D eigenvalue weighted by Gasteiger charge is -2.22. The van der Waals surface area contributed by atoms with Crippen LogP contribution in [0.15, 0.2) is 77.2 Å². The van der Waals surface area contributed by atoms with E-state index in [1.807, 2.05) is 54.8 Å². The Bertz CT molecular complexity index is 1370. The Morgan fingerprint density at radius 1 is 1.03 bits per heavy atom. The molecule has 33 heavy (non-hydrogen) atoms. The minimum absolute atomic E-state index is 0.0587. The Morgan fingerprint density at radius 2 is 1.85 bits per heavy atom. The Kier molecular flexibility index (Phi) is 5.79. The smallest absolute Gasteiger partial charge is 0.249 e. The fourth-order valence-corrected chi connectivity index (χ4v) is 4.73. The highest BCUT2D eigenvalue weighted by Crippen LogP contribution is 2.34. The summed E-state index contributed by atoms with van der Waals surface area (Å²) < 4.78 is 14.5. The van der Waals surface area contributed by atoms with Crippen molar-refractivity contribution in [1.82, 2.24) is 4.98 Å². The summed E-state index contributed by atoms with van der Waals surface area (Å²) in [4.78, 5) is 23.7. The molecule has 0 saturated heterocycles. The summed E-state index contributed by atoms with van der Waals surface area (Å²) in [5, 5.41) is 3.20. The zero-order valence-electron chi connectivity index (χ0n) is 17.8. The van der Waals surface area contributed by atoms with Crippen LogP contribution in [0.2, 0.25) is 5.02 Å². The minimum atomic E-state index is -0.399. The van der Waals surface area contributed by atoms with Gasteiger partial charge in [0.05, 0.1) is 17.9 Å². The molecule has 0 N–H and O–H groups in total. The van der Waals surface area contributed by atoms with Gasteiger partial charge < -0.3 is 4.90 Å². The maximum absolute atomic E-state index is 14.5. The Morgan fingerprint density at radius 3 is 2.61 bits per heavy atom. The first kappa shape index (κ1) is 21.5. The van der Waals surface area contributed by atoms with Crippen LogP contribution < -0.4 is 4.90 Å². The average molecular weight is 476 g/mol. The molecule has 7 heteroatoms. The molecule has 4 nitrogen and oxygen atoms in total. The standard InChI is InChI=1S/C26H19ClFN3OS/c1-16-2-4-17(5-3-16)20-8-6-18(27)12-21(20)26-22-13-19(28)7-9-23(22)31(25(32)14-30-26)15-24-29-10-11-33-24/h2-13H,14-15H2,1H3. The third-order valence-electron chi connectivity index (χ3n) is 5.55. The van der Waals surface area contributed by atoms with E-state index in [0.29, 0.717) is 28.5 Å². The monoisotopic (exact) mass is 475 g/mol. The van der Waals surface area contributed by atoms with E-state index in [1.54, 1.807) is 17.2 Å². The summed E-state index contributed by atoms with van der Waals surface area (Å²) in [7, 11) is 0. The summed E-state index contributed by atoms with van der Waals surface area (Å²) in [6.07, 6.45) is 1.70. The number of rotatable bonds is 4. The van der Waals surface area contributed by atoms with Crippen LogP contribution in [-0.4, -0.2) is 23.1 Å². The van der Waals surface area contributed by atoms with E-state index < -0.39 is 5.82 Å². The SMILES string of the molecule is Cc1ccc(-c2ccc(Cl)cc2C2=NCC(=O)N(Cc3nccs3)c3ccc(F)cc32)cc1. The van der Waals surface area contributed by atoms with Crippen molar-refractivity contribution in [3.05, 3.63) is 105 Å². The quantitative estimate of drug-likeness (QED) is 0.348. The Hall–Kier alpha value is -3.35. The zero-order valence-corrected chi connectivity index (χ0v) is 19.3. The third-order valence-corrected chi connectivity index (χ3v) is 6.55. The van der Waals surface area contributed by atoms with Crippen molar-refractivity contribution in [3.8, 4) is 11.1 Å². The molecular weight excluding hydrogens is 457 g/mol. The van der Waals surface area contributed by atoms with Gasteiger partial charge in [0.1, 0.15) is 17.4 Å². The molecule has 2 heterocycles. The van der Waals surface area contributed by atoms with Crippen molar-refractivity contribution in [3.63, 3.8) is 0 Å². The third kappa shape index (κ3) is 4.32. The Balaban J connectivity index is 1.69. The Labute approximate surface area is 200 Å². The van der Waals surface area contributed by atoms with Crippen molar-refractivity contribution >= 4 is 40.2 Å². The van der Waals surface area contributed by atoms with Crippen LogP contribution >= 0.6 is 22.9 Å². The van der Waals surface area contributed by atoms with Crippen molar-refractivity contribution in [2.45, 2.75) is 13.5 Å². The van der Waals surface area contributed by atoms with E-state index in [-0.39, 0.29) is 12.5 Å². The lowest BCUT2D eigenvalue weighted by molar-refractivity contribution is -0.117. The number of carbonyl (C=O) groups excluding carboxylic acids is 1. The summed E-state index contributed by atoms with van der Waals surface area (Å²) in [5.74, 6) is -0.573. The molecule has 1 aliphatic heterocycles. The van der Waals surface area contributed by atoms with Gasteiger partial charge >= 0.3 is 0 Å². The van der Waals surface area contributed by atoms with Crippen molar-refractivity contribution in [2.75, 3.05) is 11.4 Å². The molecule has 1 amide bonds. The summed E-state index contributed by atoms with van der Waals surface area (Å²) in [6.45, 7) is 2.28. The van der Waals surface area contributed by atoms with Gasteiger partial charge in [0, 0.05) is 27.7 Å². The average Bonchev–Trinajstić information content (AvgIpc) is 3.28. The molecule has 4 aromatic rings. The maximum Gasteiger partial charge on any atom is 0.249 e. The molecule has 0 fully saturated rings. The van der Waals surface area contributed by atoms with E-state index in [1.165, 1.54) is 23.5 Å². The van der Waals surface area contributed by atoms with E-state index in [0.717, 1.165) is 27.3 Å². The van der Waals surface area contributed by atoms with Crippen LogP contribution in [0.1, 0.15) is 21.7 Å². The highest BCUT2D eigenvalue weighted by atomic mass is 35.5. The number of benzene rings is 3. The molecule has 0 saturated carbocycles. The predicted molar refractivity (Wildman–Crippen MR) is 132 cm³/mol. The summed E-state index contributed by atoms with van der Waals surface area (Å²) in [6, 6.07) is 18.2. The largest absolute Gasteiger partial charge is 0.303 e. The normalized spacial score (nSPS) is 13.5. The first-order chi connectivity index (χ1) is 16.0. The van der Waals surface area contributed by atoms with Gasteiger partial charge in [-0.2, -0.15) is 0 Å². The second kappa shape index (κ2) is 8.89. The number of benzodiazepines with no additional fused rings is 1. The van der Waals surface area contributed by atoms with Crippen molar-refractivity contribution in [1.29, 1.82) is 0 Å². The first-order valence-corrected chi connectivity index (χ1v) is 11.7. The van der Waals surface area contributed by atoms with Crippen LogP contribution in [0.25, 0.3) is 11.1 Å². The molecule has 3 aromatic carbocycles. The van der Waals surface area contributed by atoms with Crippen LogP contribution in [0.5, 0.6) is 0 Å². The molecule has 0 spiro atoms. The number of carbonyl (C=O) groups is 1. The van der Waals surface area contributed by atoms with Crippen LogP contribution in [0.4, 0.5) is 10.1 Å². The van der Waals surface area contributed by atoms with Crippen LogP contribution in [0.3, 0.4) is 0 Å². The van der Waals surface area contributed by atoms with Gasteiger partial charge in [0.15, 0.2) is 0 Å². The second-order valence-corrected chi connectivity index (χ2v) is 9.20. The molecule has 164 valence electrons. The number of halogens is 2. The van der Waals surface area contributed by atoms with Gasteiger partial charge in [-0.05, 0) is 48.4 Å². The minimum Gasteiger partial charge on any atom is -0.303 e. The van der Waals surface area contributed by atoms with E-state index >= 15 is 0 Å². The number of fused-ring (bicyclic) bond motifs is 1. The molecule has 0 atom stereocenters. The maximum atomic E-state index is 14.5.